The van der Waals surface area contributed by atoms with Crippen LogP contribution < -0.4 is 0 Å². The van der Waals surface area contributed by atoms with Crippen molar-refractivity contribution >= 4 is 0 Å². The van der Waals surface area contributed by atoms with E-state index in [2.05, 4.69) is 13.8 Å². The van der Waals surface area contributed by atoms with Crippen molar-refractivity contribution in [3.05, 3.63) is 11.1 Å². The molecule has 16 heteroatoms. The van der Waals surface area contributed by atoms with Gasteiger partial charge in [-0.05, 0) is 80.5 Å². The van der Waals surface area contributed by atoms with Gasteiger partial charge >= 0.3 is 0 Å². The van der Waals surface area contributed by atoms with Gasteiger partial charge in [-0.3, -0.25) is 0 Å². The molecular formula is C37H60O16. The van der Waals surface area contributed by atoms with Crippen LogP contribution in [0.5, 0.6) is 0 Å². The van der Waals surface area contributed by atoms with Crippen LogP contribution in [0.4, 0.5) is 0 Å². The molecule has 3 saturated heterocycles. The molecule has 304 valence electrons. The molecule has 10 N–H and O–H groups in total. The van der Waals surface area contributed by atoms with Crippen LogP contribution in [-0.2, 0) is 28.4 Å². The van der Waals surface area contributed by atoms with Crippen molar-refractivity contribution in [2.45, 2.75) is 176 Å². The molecule has 0 amide bonds. The first-order chi connectivity index (χ1) is 25.2. The third-order valence-electron chi connectivity index (χ3n) is 14.1. The quantitative estimate of drug-likeness (QED) is 0.118. The zero-order valence-electron chi connectivity index (χ0n) is 30.5. The molecule has 0 aromatic carbocycles. The number of aliphatic hydroxyl groups excluding tert-OH is 10. The van der Waals surface area contributed by atoms with Gasteiger partial charge in [0.05, 0.1) is 25.9 Å². The SMILES string of the molecule is CC12CCCC1C1=C(CC2)C2(C)CCC(OC3OC(COC4OC(CO)C(O)C(O)C4O)C(O)C(OC4OC(CO)C(O)C(O)C4O)C3O)CC2CC1. The van der Waals surface area contributed by atoms with E-state index in [4.69, 9.17) is 28.4 Å². The second-order valence-corrected chi connectivity index (χ2v) is 17.1. The Hall–Kier alpha value is -0.900. The Morgan fingerprint density at radius 1 is 0.623 bits per heavy atom. The molecule has 7 aliphatic rings. The Balaban J connectivity index is 1.07. The van der Waals surface area contributed by atoms with Crippen LogP contribution in [0.15, 0.2) is 11.1 Å². The molecule has 0 spiro atoms. The molecular weight excluding hydrogens is 700 g/mol. The van der Waals surface area contributed by atoms with E-state index in [1.807, 2.05) is 0 Å². The summed E-state index contributed by atoms with van der Waals surface area (Å²) < 4.78 is 35.1. The van der Waals surface area contributed by atoms with Crippen molar-refractivity contribution in [3.63, 3.8) is 0 Å². The Bertz CT molecular complexity index is 1300. The van der Waals surface area contributed by atoms with Gasteiger partial charge < -0.3 is 79.5 Å². The van der Waals surface area contributed by atoms with Gasteiger partial charge in [0.25, 0.3) is 0 Å². The van der Waals surface area contributed by atoms with Gasteiger partial charge in [-0.1, -0.05) is 31.4 Å². The van der Waals surface area contributed by atoms with E-state index in [0.717, 1.165) is 32.1 Å². The number of hydrogen-bond donors (Lipinski definition) is 10. The van der Waals surface area contributed by atoms with Crippen molar-refractivity contribution in [1.82, 2.24) is 0 Å². The van der Waals surface area contributed by atoms with Gasteiger partial charge in [-0.15, -0.1) is 0 Å². The van der Waals surface area contributed by atoms with Crippen LogP contribution in [0.2, 0.25) is 0 Å². The maximum absolute atomic E-state index is 11.6. The van der Waals surface area contributed by atoms with E-state index in [0.29, 0.717) is 23.7 Å². The molecule has 0 aromatic rings. The van der Waals surface area contributed by atoms with Gasteiger partial charge in [0, 0.05) is 0 Å². The normalized spacial score (nSPS) is 53.2. The van der Waals surface area contributed by atoms with Crippen LogP contribution in [0.1, 0.15) is 78.1 Å². The summed E-state index contributed by atoms with van der Waals surface area (Å²) in [6.45, 7) is 2.97. The largest absolute Gasteiger partial charge is 0.394 e. The third kappa shape index (κ3) is 7.28. The lowest BCUT2D eigenvalue weighted by Crippen LogP contribution is -2.65. The number of ether oxygens (including phenoxy) is 6. The summed E-state index contributed by atoms with van der Waals surface area (Å²) >= 11 is 0. The molecule has 0 aromatic heterocycles. The molecule has 3 heterocycles. The first kappa shape index (κ1) is 40.3. The summed E-state index contributed by atoms with van der Waals surface area (Å²) in [6, 6.07) is 0. The lowest BCUT2D eigenvalue weighted by molar-refractivity contribution is -0.370. The number of hydrogen-bond acceptors (Lipinski definition) is 16. The molecule has 7 rings (SSSR count). The lowest BCUT2D eigenvalue weighted by Gasteiger charge is -2.54. The summed E-state index contributed by atoms with van der Waals surface area (Å²) in [5, 5.41) is 105. The number of rotatable bonds is 9. The predicted octanol–water partition coefficient (Wildman–Crippen LogP) is -1.68. The maximum Gasteiger partial charge on any atom is 0.187 e. The first-order valence-corrected chi connectivity index (χ1v) is 19.5. The minimum atomic E-state index is -1.82. The van der Waals surface area contributed by atoms with E-state index < -0.39 is 112 Å². The molecule has 53 heavy (non-hydrogen) atoms. The van der Waals surface area contributed by atoms with Crippen molar-refractivity contribution in [3.8, 4) is 0 Å². The van der Waals surface area contributed by atoms with E-state index in [-0.39, 0.29) is 11.5 Å². The molecule has 3 aliphatic heterocycles. The minimum absolute atomic E-state index is 0.0656. The zero-order valence-corrected chi connectivity index (χ0v) is 30.5. The van der Waals surface area contributed by atoms with E-state index in [1.54, 1.807) is 11.1 Å². The Labute approximate surface area is 309 Å². The molecule has 20 unspecified atom stereocenters. The molecule has 5 fully saturated rings. The van der Waals surface area contributed by atoms with Crippen LogP contribution in [-0.4, -0.2) is 169 Å². The molecule has 0 radical (unpaired) electrons. The van der Waals surface area contributed by atoms with Gasteiger partial charge in [0.2, 0.25) is 0 Å². The van der Waals surface area contributed by atoms with Gasteiger partial charge in [0.15, 0.2) is 18.9 Å². The van der Waals surface area contributed by atoms with Crippen LogP contribution in [0.3, 0.4) is 0 Å². The summed E-state index contributed by atoms with van der Waals surface area (Å²) in [4.78, 5) is 0. The molecule has 2 saturated carbocycles. The predicted molar refractivity (Wildman–Crippen MR) is 180 cm³/mol. The summed E-state index contributed by atoms with van der Waals surface area (Å²) in [5.41, 5.74) is 3.83. The van der Waals surface area contributed by atoms with Gasteiger partial charge in [-0.25, -0.2) is 0 Å². The topological polar surface area (TPSA) is 258 Å². The van der Waals surface area contributed by atoms with Crippen molar-refractivity contribution in [2.75, 3.05) is 19.8 Å². The maximum atomic E-state index is 11.6. The Kier molecular flexibility index (Phi) is 12.0. The van der Waals surface area contributed by atoms with Crippen LogP contribution in [0, 0.1) is 22.7 Å². The molecule has 4 aliphatic carbocycles. The van der Waals surface area contributed by atoms with Gasteiger partial charge in [0.1, 0.15) is 73.2 Å². The standard InChI is InChI=1S/C37H60O16/c1-36-9-3-4-19(36)18-6-5-16-12-17(7-11-37(16,2)20(18)8-10-36)49-35-31(47)32(53-34-30(46)28(44)25(41)22(14-39)51-34)26(42)23(52-35)15-48-33-29(45)27(43)24(40)21(13-38)50-33/h16-17,19,21-35,38-47H,3-15H2,1-2H3. The highest BCUT2D eigenvalue weighted by Crippen LogP contribution is 2.63. The van der Waals surface area contributed by atoms with Crippen molar-refractivity contribution < 1.29 is 79.5 Å². The van der Waals surface area contributed by atoms with Crippen LogP contribution >= 0.6 is 0 Å². The highest BCUT2D eigenvalue weighted by molar-refractivity contribution is 5.33. The minimum Gasteiger partial charge on any atom is -0.394 e. The first-order valence-electron chi connectivity index (χ1n) is 19.5. The van der Waals surface area contributed by atoms with E-state index in [1.165, 1.54) is 25.7 Å². The Morgan fingerprint density at radius 2 is 1.25 bits per heavy atom. The molecule has 0 bridgehead atoms. The number of aliphatic hydroxyl groups is 10. The fourth-order valence-corrected chi connectivity index (χ4v) is 10.8. The fraction of sp³-hybridized carbons (Fsp3) is 0.946. The average molecular weight is 761 g/mol. The number of fused-ring (bicyclic) bond motifs is 4. The fourth-order valence-electron chi connectivity index (χ4n) is 10.8. The second kappa shape index (κ2) is 15.8. The van der Waals surface area contributed by atoms with Crippen molar-refractivity contribution in [1.29, 1.82) is 0 Å². The summed E-state index contributed by atoms with van der Waals surface area (Å²) in [7, 11) is 0. The Morgan fingerprint density at radius 3 is 1.92 bits per heavy atom. The number of allylic oxidation sites excluding steroid dienone is 2. The molecule has 16 nitrogen and oxygen atoms in total. The third-order valence-corrected chi connectivity index (χ3v) is 14.1. The average Bonchev–Trinajstić information content (AvgIpc) is 3.55. The smallest absolute Gasteiger partial charge is 0.187 e. The highest BCUT2D eigenvalue weighted by atomic mass is 16.7. The highest BCUT2D eigenvalue weighted by Gasteiger charge is 2.55. The summed E-state index contributed by atoms with van der Waals surface area (Å²) in [5.74, 6) is 1.04. The van der Waals surface area contributed by atoms with Gasteiger partial charge in [-0.2, -0.15) is 0 Å². The van der Waals surface area contributed by atoms with Crippen molar-refractivity contribution in [2.24, 2.45) is 22.7 Å². The summed E-state index contributed by atoms with van der Waals surface area (Å²) in [6.07, 6.45) is -13.3. The van der Waals surface area contributed by atoms with Crippen LogP contribution in [0.25, 0.3) is 0 Å². The second-order valence-electron chi connectivity index (χ2n) is 17.1. The van der Waals surface area contributed by atoms with E-state index in [9.17, 15) is 51.1 Å². The monoisotopic (exact) mass is 760 g/mol. The lowest BCUT2D eigenvalue weighted by atomic mass is 9.51. The zero-order chi connectivity index (χ0) is 38.0. The molecule has 20 atom stereocenters. The van der Waals surface area contributed by atoms with E-state index >= 15 is 0 Å².